The number of hydrogen-bond donors (Lipinski definition) is 1. The summed E-state index contributed by atoms with van der Waals surface area (Å²) in [5.41, 5.74) is 5.23. The minimum absolute atomic E-state index is 0.154. The second kappa shape index (κ2) is 9.21. The lowest BCUT2D eigenvalue weighted by Gasteiger charge is -2.17. The molecule has 7 nitrogen and oxygen atoms in total. The molecule has 0 bridgehead atoms. The molecule has 0 saturated carbocycles. The molecule has 1 N–H and O–H groups in total. The van der Waals surface area contributed by atoms with Crippen LogP contribution in [0.3, 0.4) is 0 Å². The van der Waals surface area contributed by atoms with Crippen molar-refractivity contribution in [2.75, 3.05) is 11.4 Å². The number of carbonyl (C=O) groups excluding carboxylic acids is 2. The van der Waals surface area contributed by atoms with Gasteiger partial charge in [-0.3, -0.25) is 14.3 Å². The third kappa shape index (κ3) is 4.73. The molecule has 178 valence electrons. The molecule has 4 aromatic rings. The average molecular weight is 473 g/mol. The number of amides is 2. The first-order chi connectivity index (χ1) is 16.9. The van der Waals surface area contributed by atoms with Gasteiger partial charge in [-0.2, -0.15) is 5.10 Å². The molecule has 0 unspecified atom stereocenters. The van der Waals surface area contributed by atoms with Crippen molar-refractivity contribution in [3.05, 3.63) is 106 Å². The Morgan fingerprint density at radius 2 is 1.86 bits per heavy atom. The zero-order valence-corrected chi connectivity index (χ0v) is 19.5. The molecule has 35 heavy (non-hydrogen) atoms. The number of anilines is 1. The molecular weight excluding hydrogens is 447 g/mol. The molecule has 1 aliphatic rings. The maximum absolute atomic E-state index is 13.2. The fraction of sp³-hybridized carbons (Fsp3) is 0.222. The van der Waals surface area contributed by atoms with Gasteiger partial charge in [0.1, 0.15) is 11.6 Å². The molecular formula is C27H25FN4O3. The minimum atomic E-state index is -0.371. The lowest BCUT2D eigenvalue weighted by atomic mass is 10.1. The summed E-state index contributed by atoms with van der Waals surface area (Å²) in [4.78, 5) is 27.2. The summed E-state index contributed by atoms with van der Waals surface area (Å²) in [6.45, 7) is 5.28. The number of aryl methyl sites for hydroxylation is 2. The summed E-state index contributed by atoms with van der Waals surface area (Å²) in [7, 11) is 0. The van der Waals surface area contributed by atoms with Crippen LogP contribution in [0.4, 0.5) is 10.1 Å². The van der Waals surface area contributed by atoms with E-state index in [2.05, 4.69) is 10.4 Å². The van der Waals surface area contributed by atoms with E-state index in [1.54, 1.807) is 17.0 Å². The number of carbonyl (C=O) groups is 2. The SMILES string of the molecule is Cc1cc(C)n(Cc2ccc(C(=O)NCc3ccc4c(c3)CCN4C(=O)c3ccc(F)cc3)o2)n1. The largest absolute Gasteiger partial charge is 0.454 e. The van der Waals surface area contributed by atoms with E-state index in [0.29, 0.717) is 31.0 Å². The zero-order valence-electron chi connectivity index (χ0n) is 19.5. The van der Waals surface area contributed by atoms with Gasteiger partial charge < -0.3 is 14.6 Å². The van der Waals surface area contributed by atoms with Crippen molar-refractivity contribution in [3.8, 4) is 0 Å². The Hall–Kier alpha value is -4.20. The van der Waals surface area contributed by atoms with Crippen LogP contribution in [0, 0.1) is 19.7 Å². The summed E-state index contributed by atoms with van der Waals surface area (Å²) in [5.74, 6) is 0.0876. The fourth-order valence-corrected chi connectivity index (χ4v) is 4.36. The number of fused-ring (bicyclic) bond motifs is 1. The van der Waals surface area contributed by atoms with E-state index < -0.39 is 0 Å². The molecule has 2 aromatic carbocycles. The molecule has 5 rings (SSSR count). The van der Waals surface area contributed by atoms with Crippen molar-refractivity contribution in [1.29, 1.82) is 0 Å². The molecule has 3 heterocycles. The highest BCUT2D eigenvalue weighted by atomic mass is 19.1. The summed E-state index contributed by atoms with van der Waals surface area (Å²) >= 11 is 0. The van der Waals surface area contributed by atoms with Crippen molar-refractivity contribution >= 4 is 17.5 Å². The van der Waals surface area contributed by atoms with Crippen LogP contribution in [-0.2, 0) is 19.5 Å². The van der Waals surface area contributed by atoms with Gasteiger partial charge in [0.15, 0.2) is 5.76 Å². The highest BCUT2D eigenvalue weighted by molar-refractivity contribution is 6.07. The second-order valence-electron chi connectivity index (χ2n) is 8.71. The van der Waals surface area contributed by atoms with Crippen molar-refractivity contribution in [2.45, 2.75) is 33.4 Å². The Bertz CT molecular complexity index is 1400. The zero-order chi connectivity index (χ0) is 24.5. The number of aromatic nitrogens is 2. The minimum Gasteiger partial charge on any atom is -0.454 e. The predicted molar refractivity (Wildman–Crippen MR) is 129 cm³/mol. The lowest BCUT2D eigenvalue weighted by molar-refractivity contribution is 0.0920. The highest BCUT2D eigenvalue weighted by Crippen LogP contribution is 2.30. The number of hydrogen-bond acceptors (Lipinski definition) is 4. The van der Waals surface area contributed by atoms with Gasteiger partial charge in [0, 0.05) is 30.0 Å². The van der Waals surface area contributed by atoms with Crippen LogP contribution >= 0.6 is 0 Å². The first kappa shape index (κ1) is 22.6. The Morgan fingerprint density at radius 1 is 1.06 bits per heavy atom. The number of nitrogens with zero attached hydrogens (tertiary/aromatic N) is 3. The van der Waals surface area contributed by atoms with Gasteiger partial charge in [-0.15, -0.1) is 0 Å². The average Bonchev–Trinajstić information content (AvgIpc) is 3.56. The van der Waals surface area contributed by atoms with Gasteiger partial charge in [-0.05, 0) is 79.9 Å². The number of nitrogens with one attached hydrogen (secondary N) is 1. The van der Waals surface area contributed by atoms with E-state index in [4.69, 9.17) is 4.42 Å². The summed E-state index contributed by atoms with van der Waals surface area (Å²) in [6, 6.07) is 16.8. The van der Waals surface area contributed by atoms with Crippen LogP contribution in [-0.4, -0.2) is 28.1 Å². The molecule has 0 radical (unpaired) electrons. The van der Waals surface area contributed by atoms with Crippen molar-refractivity contribution in [3.63, 3.8) is 0 Å². The molecule has 8 heteroatoms. The van der Waals surface area contributed by atoms with Crippen LogP contribution in [0.15, 0.2) is 65.1 Å². The number of rotatable bonds is 6. The smallest absolute Gasteiger partial charge is 0.287 e. The Morgan fingerprint density at radius 3 is 2.60 bits per heavy atom. The van der Waals surface area contributed by atoms with Crippen molar-refractivity contribution in [1.82, 2.24) is 15.1 Å². The first-order valence-electron chi connectivity index (χ1n) is 11.4. The van der Waals surface area contributed by atoms with Gasteiger partial charge in [0.05, 0.1) is 12.2 Å². The monoisotopic (exact) mass is 472 g/mol. The normalized spacial score (nSPS) is 12.6. The number of benzene rings is 2. The maximum atomic E-state index is 13.2. The highest BCUT2D eigenvalue weighted by Gasteiger charge is 2.26. The van der Waals surface area contributed by atoms with Crippen LogP contribution in [0.1, 0.15) is 49.2 Å². The third-order valence-corrected chi connectivity index (χ3v) is 6.12. The van der Waals surface area contributed by atoms with Crippen LogP contribution in [0.25, 0.3) is 0 Å². The van der Waals surface area contributed by atoms with E-state index in [-0.39, 0.29) is 23.4 Å². The molecule has 2 aromatic heterocycles. The quantitative estimate of drug-likeness (QED) is 0.451. The molecule has 1 aliphatic heterocycles. The molecule has 0 spiro atoms. The van der Waals surface area contributed by atoms with E-state index in [1.807, 2.05) is 42.8 Å². The topological polar surface area (TPSA) is 80.4 Å². The second-order valence-corrected chi connectivity index (χ2v) is 8.71. The molecule has 0 fully saturated rings. The summed E-state index contributed by atoms with van der Waals surface area (Å²) in [5, 5.41) is 7.31. The van der Waals surface area contributed by atoms with E-state index in [0.717, 1.165) is 34.6 Å². The number of halogens is 1. The maximum Gasteiger partial charge on any atom is 0.287 e. The number of furan rings is 1. The third-order valence-electron chi connectivity index (χ3n) is 6.12. The van der Waals surface area contributed by atoms with Gasteiger partial charge in [-0.25, -0.2) is 4.39 Å². The molecule has 0 saturated heterocycles. The predicted octanol–water partition coefficient (Wildman–Crippen LogP) is 4.41. The Labute approximate surface area is 202 Å². The van der Waals surface area contributed by atoms with Gasteiger partial charge >= 0.3 is 0 Å². The lowest BCUT2D eigenvalue weighted by Crippen LogP contribution is -2.28. The van der Waals surface area contributed by atoms with Gasteiger partial charge in [0.25, 0.3) is 11.8 Å². The van der Waals surface area contributed by atoms with Crippen LogP contribution in [0.2, 0.25) is 0 Å². The van der Waals surface area contributed by atoms with E-state index in [1.165, 1.54) is 24.3 Å². The Kier molecular flexibility index (Phi) is 5.94. The standard InChI is InChI=1S/C27H25FN4O3/c1-17-13-18(2)32(30-17)16-23-8-10-25(35-23)26(33)29-15-19-3-9-24-21(14-19)11-12-31(24)27(34)20-4-6-22(28)7-5-20/h3-10,13-14H,11-12,15-16H2,1-2H3,(H,29,33). The van der Waals surface area contributed by atoms with Crippen LogP contribution in [0.5, 0.6) is 0 Å². The van der Waals surface area contributed by atoms with Gasteiger partial charge in [0.2, 0.25) is 0 Å². The van der Waals surface area contributed by atoms with Crippen molar-refractivity contribution in [2.24, 2.45) is 0 Å². The fourth-order valence-electron chi connectivity index (χ4n) is 4.36. The van der Waals surface area contributed by atoms with Crippen LogP contribution < -0.4 is 10.2 Å². The molecule has 0 aliphatic carbocycles. The Balaban J connectivity index is 1.21. The molecule has 2 amide bonds. The van der Waals surface area contributed by atoms with Gasteiger partial charge in [-0.1, -0.05) is 12.1 Å². The first-order valence-corrected chi connectivity index (χ1v) is 11.4. The summed E-state index contributed by atoms with van der Waals surface area (Å²) in [6.07, 6.45) is 0.720. The van der Waals surface area contributed by atoms with E-state index in [9.17, 15) is 14.0 Å². The summed E-state index contributed by atoms with van der Waals surface area (Å²) < 4.78 is 20.8. The van der Waals surface area contributed by atoms with Crippen molar-refractivity contribution < 1.29 is 18.4 Å². The van der Waals surface area contributed by atoms with E-state index >= 15 is 0 Å². The molecule has 0 atom stereocenters.